The van der Waals surface area contributed by atoms with Crippen molar-refractivity contribution in [1.82, 2.24) is 15.3 Å². The van der Waals surface area contributed by atoms with Crippen molar-refractivity contribution in [3.63, 3.8) is 0 Å². The van der Waals surface area contributed by atoms with Gasteiger partial charge in [-0.15, -0.1) is 0 Å². The highest BCUT2D eigenvalue weighted by molar-refractivity contribution is 5.31. The number of piperazine rings is 1. The average Bonchev–Trinajstić information content (AvgIpc) is 3.00. The predicted octanol–water partition coefficient (Wildman–Crippen LogP) is 3.00. The Balaban J connectivity index is 1.73. The van der Waals surface area contributed by atoms with Crippen LogP contribution in [0.3, 0.4) is 0 Å². The van der Waals surface area contributed by atoms with Crippen LogP contribution in [0.2, 0.25) is 0 Å². The number of β-amino-alcohol motifs (C(OH)–C–C–N with tert-alkyl or cyclic N) is 1. The number of aliphatic hydroxyl groups excluding tert-OH is 1. The number of fused-ring (bicyclic) bond motifs is 1. The number of rotatable bonds is 7. The third-order valence-electron chi connectivity index (χ3n) is 5.16. The lowest BCUT2D eigenvalue weighted by atomic mass is 10.0. The smallest absolute Gasteiger partial charge is 0.0713 e. The molecule has 1 saturated heterocycles. The highest BCUT2D eigenvalue weighted by Crippen LogP contribution is 2.31. The fraction of sp³-hybridized carbons (Fsp3) is 0.600. The van der Waals surface area contributed by atoms with E-state index < -0.39 is 0 Å². The number of hydrogen-bond donors (Lipinski definition) is 2. The molecule has 2 N–H and O–H groups in total. The molecule has 132 valence electrons. The molecular weight excluding hydrogens is 298 g/mol. The summed E-state index contributed by atoms with van der Waals surface area (Å²) in [6, 6.07) is 9.58. The van der Waals surface area contributed by atoms with Crippen LogP contribution in [0.5, 0.6) is 0 Å². The van der Waals surface area contributed by atoms with Crippen molar-refractivity contribution >= 4 is 0 Å². The summed E-state index contributed by atoms with van der Waals surface area (Å²) in [7, 11) is 0. The minimum Gasteiger partial charge on any atom is -0.395 e. The fourth-order valence-corrected chi connectivity index (χ4v) is 3.79. The molecule has 0 bridgehead atoms. The van der Waals surface area contributed by atoms with Gasteiger partial charge in [0.1, 0.15) is 0 Å². The van der Waals surface area contributed by atoms with Gasteiger partial charge in [0.25, 0.3) is 0 Å². The second-order valence-electron chi connectivity index (χ2n) is 7.15. The van der Waals surface area contributed by atoms with E-state index in [4.69, 9.17) is 0 Å². The first-order chi connectivity index (χ1) is 11.7. The van der Waals surface area contributed by atoms with Gasteiger partial charge in [-0.05, 0) is 25.0 Å². The van der Waals surface area contributed by atoms with Crippen LogP contribution >= 0.6 is 0 Å². The molecule has 2 aliphatic rings. The van der Waals surface area contributed by atoms with Crippen LogP contribution in [-0.4, -0.2) is 47.3 Å². The maximum absolute atomic E-state index is 9.33. The SMILES string of the molecule is CCCCCC1CN(CCO)CC2=CC(c3ccc(C)cc3)NN21. The molecule has 2 aliphatic heterocycles. The quantitative estimate of drug-likeness (QED) is 0.754. The molecule has 0 spiro atoms. The van der Waals surface area contributed by atoms with Gasteiger partial charge in [-0.25, -0.2) is 5.43 Å². The van der Waals surface area contributed by atoms with Crippen molar-refractivity contribution in [1.29, 1.82) is 0 Å². The van der Waals surface area contributed by atoms with Gasteiger partial charge in [0, 0.05) is 25.3 Å². The van der Waals surface area contributed by atoms with Crippen LogP contribution in [0.1, 0.15) is 49.8 Å². The van der Waals surface area contributed by atoms with Gasteiger partial charge in [0.05, 0.1) is 18.7 Å². The van der Waals surface area contributed by atoms with Crippen LogP contribution in [0.4, 0.5) is 0 Å². The molecule has 0 amide bonds. The molecule has 0 saturated carbocycles. The summed E-state index contributed by atoms with van der Waals surface area (Å²) in [5, 5.41) is 11.7. The molecule has 2 atom stereocenters. The second kappa shape index (κ2) is 8.15. The molecule has 1 aromatic rings. The number of benzene rings is 1. The molecule has 4 heteroatoms. The highest BCUT2D eigenvalue weighted by atomic mass is 16.3. The van der Waals surface area contributed by atoms with Crippen LogP contribution in [0.25, 0.3) is 0 Å². The molecule has 4 nitrogen and oxygen atoms in total. The Morgan fingerprint density at radius 2 is 2.00 bits per heavy atom. The molecule has 24 heavy (non-hydrogen) atoms. The van der Waals surface area contributed by atoms with Gasteiger partial charge >= 0.3 is 0 Å². The van der Waals surface area contributed by atoms with E-state index in [-0.39, 0.29) is 12.6 Å². The third-order valence-corrected chi connectivity index (χ3v) is 5.16. The summed E-state index contributed by atoms with van der Waals surface area (Å²) in [4.78, 5) is 2.39. The van der Waals surface area contributed by atoms with E-state index in [2.05, 4.69) is 59.5 Å². The lowest BCUT2D eigenvalue weighted by Crippen LogP contribution is -2.54. The molecule has 3 rings (SSSR count). The Morgan fingerprint density at radius 3 is 2.71 bits per heavy atom. The summed E-state index contributed by atoms with van der Waals surface area (Å²) in [5.41, 5.74) is 7.71. The lowest BCUT2D eigenvalue weighted by Gasteiger charge is -2.42. The van der Waals surface area contributed by atoms with E-state index in [0.717, 1.165) is 19.6 Å². The normalized spacial score (nSPS) is 24.1. The van der Waals surface area contributed by atoms with Crippen molar-refractivity contribution in [3.8, 4) is 0 Å². The largest absolute Gasteiger partial charge is 0.395 e. The first-order valence-corrected chi connectivity index (χ1v) is 9.37. The zero-order chi connectivity index (χ0) is 16.9. The van der Waals surface area contributed by atoms with E-state index in [1.54, 1.807) is 0 Å². The number of unbranched alkanes of at least 4 members (excludes halogenated alkanes) is 2. The van der Waals surface area contributed by atoms with Crippen LogP contribution in [-0.2, 0) is 0 Å². The Hall–Kier alpha value is -1.36. The number of hydrazine groups is 1. The zero-order valence-corrected chi connectivity index (χ0v) is 15.0. The number of hydrogen-bond acceptors (Lipinski definition) is 4. The Morgan fingerprint density at radius 1 is 1.21 bits per heavy atom. The minimum atomic E-state index is 0.240. The topological polar surface area (TPSA) is 38.7 Å². The number of nitrogens with zero attached hydrogens (tertiary/aromatic N) is 2. The third kappa shape index (κ3) is 4.00. The lowest BCUT2D eigenvalue weighted by molar-refractivity contribution is 0.0668. The second-order valence-corrected chi connectivity index (χ2v) is 7.15. The van der Waals surface area contributed by atoms with E-state index in [9.17, 15) is 5.11 Å². The van der Waals surface area contributed by atoms with Crippen molar-refractivity contribution in [2.75, 3.05) is 26.2 Å². The summed E-state index contributed by atoms with van der Waals surface area (Å²) in [6.07, 6.45) is 7.40. The standard InChI is InChI=1S/C20H31N3O/c1-3-4-5-6-18-14-22(11-12-24)15-19-13-20(21-23(18)19)17-9-7-16(2)8-10-17/h7-10,13,18,20-21,24H,3-6,11-12,14-15H2,1-2H3. The van der Waals surface area contributed by atoms with Crippen molar-refractivity contribution in [2.24, 2.45) is 0 Å². The van der Waals surface area contributed by atoms with Crippen LogP contribution in [0, 0.1) is 6.92 Å². The van der Waals surface area contributed by atoms with Gasteiger partial charge in [-0.1, -0.05) is 56.0 Å². The van der Waals surface area contributed by atoms with Crippen molar-refractivity contribution in [2.45, 2.75) is 51.6 Å². The van der Waals surface area contributed by atoms with E-state index >= 15 is 0 Å². The number of nitrogens with one attached hydrogen (secondary N) is 1. The number of aryl methyl sites for hydroxylation is 1. The van der Waals surface area contributed by atoms with Gasteiger partial charge in [0.15, 0.2) is 0 Å². The van der Waals surface area contributed by atoms with Gasteiger partial charge in [0.2, 0.25) is 0 Å². The van der Waals surface area contributed by atoms with Crippen LogP contribution < -0.4 is 5.43 Å². The molecule has 1 fully saturated rings. The fourth-order valence-electron chi connectivity index (χ4n) is 3.79. The zero-order valence-electron chi connectivity index (χ0n) is 15.0. The Labute approximate surface area is 146 Å². The van der Waals surface area contributed by atoms with Gasteiger partial charge in [-0.3, -0.25) is 4.90 Å². The first-order valence-electron chi connectivity index (χ1n) is 9.37. The Bertz CT molecular complexity index is 555. The average molecular weight is 329 g/mol. The molecule has 0 radical (unpaired) electrons. The van der Waals surface area contributed by atoms with Gasteiger partial charge in [-0.2, -0.15) is 0 Å². The molecule has 1 aromatic carbocycles. The monoisotopic (exact) mass is 329 g/mol. The summed E-state index contributed by atoms with van der Waals surface area (Å²) in [6.45, 7) is 7.36. The molecule has 2 unspecified atom stereocenters. The van der Waals surface area contributed by atoms with Crippen molar-refractivity contribution < 1.29 is 5.11 Å². The van der Waals surface area contributed by atoms with Crippen LogP contribution in [0.15, 0.2) is 36.0 Å². The Kier molecular flexibility index (Phi) is 5.93. The van der Waals surface area contributed by atoms with E-state index in [0.29, 0.717) is 6.04 Å². The highest BCUT2D eigenvalue weighted by Gasteiger charge is 2.35. The molecule has 0 aliphatic carbocycles. The maximum atomic E-state index is 9.33. The number of aliphatic hydroxyl groups is 1. The molecule has 0 aromatic heterocycles. The summed E-state index contributed by atoms with van der Waals surface area (Å²) >= 11 is 0. The predicted molar refractivity (Wildman–Crippen MR) is 98.4 cm³/mol. The van der Waals surface area contributed by atoms with Gasteiger partial charge < -0.3 is 10.1 Å². The van der Waals surface area contributed by atoms with E-state index in [1.807, 2.05) is 0 Å². The molecular formula is C20H31N3O. The van der Waals surface area contributed by atoms with Crippen molar-refractivity contribution in [3.05, 3.63) is 47.2 Å². The maximum Gasteiger partial charge on any atom is 0.0713 e. The summed E-state index contributed by atoms with van der Waals surface area (Å²) in [5.74, 6) is 0. The first kappa shape index (κ1) is 17.5. The molecule has 2 heterocycles. The summed E-state index contributed by atoms with van der Waals surface area (Å²) < 4.78 is 0. The minimum absolute atomic E-state index is 0.240. The van der Waals surface area contributed by atoms with E-state index in [1.165, 1.54) is 42.5 Å².